The van der Waals surface area contributed by atoms with E-state index >= 15 is 0 Å². The van der Waals surface area contributed by atoms with Gasteiger partial charge in [-0.15, -0.1) is 0 Å². The molecule has 4 rings (SSSR count). The Kier molecular flexibility index (Phi) is 7.86. The number of nitrogens with one attached hydrogen (secondary N) is 1. The minimum atomic E-state index is -3.77. The van der Waals surface area contributed by atoms with E-state index in [4.69, 9.17) is 18.6 Å². The number of benzene rings is 2. The Balaban J connectivity index is 1.61. The molecule has 2 heterocycles. The van der Waals surface area contributed by atoms with E-state index in [9.17, 15) is 13.2 Å². The van der Waals surface area contributed by atoms with Crippen LogP contribution in [0.25, 0.3) is 6.08 Å². The minimum absolute atomic E-state index is 0.0451. The van der Waals surface area contributed by atoms with Crippen LogP contribution in [0.2, 0.25) is 0 Å². The van der Waals surface area contributed by atoms with Gasteiger partial charge < -0.3 is 23.9 Å². The van der Waals surface area contributed by atoms with E-state index in [0.717, 1.165) is 0 Å². The van der Waals surface area contributed by atoms with Crippen LogP contribution in [0.1, 0.15) is 12.7 Å². The Hall–Kier alpha value is -3.60. The zero-order chi connectivity index (χ0) is 24.7. The summed E-state index contributed by atoms with van der Waals surface area (Å²) in [6, 6.07) is 14.8. The van der Waals surface area contributed by atoms with Crippen LogP contribution in [0, 0.1) is 0 Å². The standard InChI is InChI=1S/C25H26N2O7S/c1-2-32-20-5-7-21(8-6-20)34-24-11-10-22(35(29,30)27-13-16-31-17-14-27)18-23(24)26-25(28)12-9-19-4-3-15-33-19/h3-12,15,18H,2,13-14,16-17H2,1H3,(H,26,28)/b12-9+. The second-order valence-corrected chi connectivity index (χ2v) is 9.46. The molecule has 9 nitrogen and oxygen atoms in total. The summed E-state index contributed by atoms with van der Waals surface area (Å²) in [5.74, 6) is 1.52. The van der Waals surface area contributed by atoms with Gasteiger partial charge in [0.15, 0.2) is 5.75 Å². The van der Waals surface area contributed by atoms with Gasteiger partial charge >= 0.3 is 0 Å². The zero-order valence-corrected chi connectivity index (χ0v) is 20.0. The third kappa shape index (κ3) is 6.30. The van der Waals surface area contributed by atoms with Crippen LogP contribution in [-0.4, -0.2) is 51.5 Å². The Morgan fingerprint density at radius 1 is 1.09 bits per heavy atom. The van der Waals surface area contributed by atoms with Crippen molar-refractivity contribution in [2.24, 2.45) is 0 Å². The lowest BCUT2D eigenvalue weighted by Crippen LogP contribution is -2.40. The number of anilines is 1. The third-order valence-electron chi connectivity index (χ3n) is 5.12. The highest BCUT2D eigenvalue weighted by atomic mass is 32.2. The maximum absolute atomic E-state index is 13.2. The molecule has 1 amide bonds. The molecule has 0 atom stereocenters. The number of ether oxygens (including phenoxy) is 3. The number of carbonyl (C=O) groups is 1. The first-order valence-electron chi connectivity index (χ1n) is 11.1. The van der Waals surface area contributed by atoms with Crippen molar-refractivity contribution in [3.05, 3.63) is 72.7 Å². The summed E-state index contributed by atoms with van der Waals surface area (Å²) in [4.78, 5) is 12.6. The molecule has 1 aliphatic heterocycles. The Morgan fingerprint density at radius 2 is 1.83 bits per heavy atom. The lowest BCUT2D eigenvalue weighted by Gasteiger charge is -2.26. The highest BCUT2D eigenvalue weighted by Crippen LogP contribution is 2.33. The summed E-state index contributed by atoms with van der Waals surface area (Å²) < 4.78 is 49.5. The van der Waals surface area contributed by atoms with E-state index in [2.05, 4.69) is 5.32 Å². The van der Waals surface area contributed by atoms with Crippen molar-refractivity contribution in [1.82, 2.24) is 4.31 Å². The van der Waals surface area contributed by atoms with E-state index < -0.39 is 15.9 Å². The van der Waals surface area contributed by atoms with Crippen molar-refractivity contribution < 1.29 is 31.8 Å². The number of hydrogen-bond donors (Lipinski definition) is 1. The van der Waals surface area contributed by atoms with Crippen molar-refractivity contribution in [2.75, 3.05) is 38.2 Å². The van der Waals surface area contributed by atoms with E-state index in [1.54, 1.807) is 36.4 Å². The van der Waals surface area contributed by atoms with Gasteiger partial charge in [0.05, 0.1) is 36.7 Å². The first-order chi connectivity index (χ1) is 17.0. The topological polar surface area (TPSA) is 107 Å². The van der Waals surface area contributed by atoms with E-state index in [-0.39, 0.29) is 29.4 Å². The summed E-state index contributed by atoms with van der Waals surface area (Å²) >= 11 is 0. The van der Waals surface area contributed by atoms with Crippen LogP contribution in [-0.2, 0) is 19.6 Å². The normalized spacial score (nSPS) is 14.7. The predicted octanol–water partition coefficient (Wildman–Crippen LogP) is 4.14. The summed E-state index contributed by atoms with van der Waals surface area (Å²) in [6.45, 7) is 3.63. The molecule has 0 radical (unpaired) electrons. The molecule has 1 saturated heterocycles. The second kappa shape index (κ2) is 11.2. The number of rotatable bonds is 9. The summed E-state index contributed by atoms with van der Waals surface area (Å²) in [5.41, 5.74) is 0.210. The van der Waals surface area contributed by atoms with E-state index in [1.165, 1.54) is 40.9 Å². The molecule has 0 bridgehead atoms. The van der Waals surface area contributed by atoms with Crippen molar-refractivity contribution >= 4 is 27.7 Å². The molecule has 0 unspecified atom stereocenters. The van der Waals surface area contributed by atoms with Gasteiger partial charge in [0.25, 0.3) is 0 Å². The number of amides is 1. The largest absolute Gasteiger partial charge is 0.494 e. The Bertz CT molecular complexity index is 1260. The lowest BCUT2D eigenvalue weighted by molar-refractivity contribution is -0.111. The van der Waals surface area contributed by atoms with Crippen LogP contribution >= 0.6 is 0 Å². The molecule has 3 aromatic rings. The molecule has 1 aromatic heterocycles. The quantitative estimate of drug-likeness (QED) is 0.442. The fourth-order valence-corrected chi connectivity index (χ4v) is 4.84. The molecule has 0 saturated carbocycles. The number of carbonyl (C=O) groups excluding carboxylic acids is 1. The molecule has 1 N–H and O–H groups in total. The highest BCUT2D eigenvalue weighted by Gasteiger charge is 2.27. The molecule has 0 spiro atoms. The molecule has 0 aliphatic carbocycles. The smallest absolute Gasteiger partial charge is 0.248 e. The average Bonchev–Trinajstić information content (AvgIpc) is 3.39. The molecule has 2 aromatic carbocycles. The van der Waals surface area contributed by atoms with Crippen LogP contribution in [0.15, 0.2) is 76.2 Å². The number of morpholine rings is 1. The average molecular weight is 499 g/mol. The first-order valence-corrected chi connectivity index (χ1v) is 12.5. The monoisotopic (exact) mass is 498 g/mol. The molecular weight excluding hydrogens is 472 g/mol. The number of hydrogen-bond acceptors (Lipinski definition) is 7. The van der Waals surface area contributed by atoms with E-state index in [0.29, 0.717) is 37.1 Å². The number of sulfonamides is 1. The molecule has 1 fully saturated rings. The van der Waals surface area contributed by atoms with Gasteiger partial charge in [-0.2, -0.15) is 4.31 Å². The minimum Gasteiger partial charge on any atom is -0.494 e. The van der Waals surface area contributed by atoms with Crippen molar-refractivity contribution in [2.45, 2.75) is 11.8 Å². The maximum Gasteiger partial charge on any atom is 0.248 e. The predicted molar refractivity (Wildman–Crippen MR) is 130 cm³/mol. The maximum atomic E-state index is 13.2. The Labute approximate surface area is 204 Å². The summed E-state index contributed by atoms with van der Waals surface area (Å²) in [7, 11) is -3.77. The van der Waals surface area contributed by atoms with Gasteiger partial charge in [0.2, 0.25) is 15.9 Å². The zero-order valence-electron chi connectivity index (χ0n) is 19.2. The molecular formula is C25H26N2O7S. The highest BCUT2D eigenvalue weighted by molar-refractivity contribution is 7.89. The van der Waals surface area contributed by atoms with Crippen molar-refractivity contribution in [1.29, 1.82) is 0 Å². The van der Waals surface area contributed by atoms with Crippen LogP contribution in [0.4, 0.5) is 5.69 Å². The van der Waals surface area contributed by atoms with Gasteiger partial charge in [-0.25, -0.2) is 8.42 Å². The van der Waals surface area contributed by atoms with Gasteiger partial charge in [0.1, 0.15) is 17.3 Å². The second-order valence-electron chi connectivity index (χ2n) is 7.52. The first kappa shape index (κ1) is 24.5. The fraction of sp³-hybridized carbons (Fsp3) is 0.240. The third-order valence-corrected chi connectivity index (χ3v) is 7.02. The van der Waals surface area contributed by atoms with Gasteiger partial charge in [-0.1, -0.05) is 0 Å². The molecule has 10 heteroatoms. The Morgan fingerprint density at radius 3 is 2.51 bits per heavy atom. The van der Waals surface area contributed by atoms with Crippen LogP contribution < -0.4 is 14.8 Å². The van der Waals surface area contributed by atoms with Gasteiger partial charge in [-0.05, 0) is 67.6 Å². The van der Waals surface area contributed by atoms with Crippen molar-refractivity contribution in [3.63, 3.8) is 0 Å². The van der Waals surface area contributed by atoms with Crippen molar-refractivity contribution in [3.8, 4) is 17.2 Å². The van der Waals surface area contributed by atoms with E-state index in [1.807, 2.05) is 6.92 Å². The molecule has 184 valence electrons. The number of furan rings is 1. The number of nitrogens with zero attached hydrogens (tertiary/aromatic N) is 1. The molecule has 35 heavy (non-hydrogen) atoms. The van der Waals surface area contributed by atoms with Crippen LogP contribution in [0.5, 0.6) is 17.2 Å². The fourth-order valence-electron chi connectivity index (χ4n) is 3.41. The van der Waals surface area contributed by atoms with Gasteiger partial charge in [-0.3, -0.25) is 4.79 Å². The summed E-state index contributed by atoms with van der Waals surface area (Å²) in [5, 5.41) is 2.72. The molecule has 1 aliphatic rings. The summed E-state index contributed by atoms with van der Waals surface area (Å²) in [6.07, 6.45) is 4.31. The SMILES string of the molecule is CCOc1ccc(Oc2ccc(S(=O)(=O)N3CCOCC3)cc2NC(=O)/C=C/c2ccco2)cc1. The van der Waals surface area contributed by atoms with Gasteiger partial charge in [0, 0.05) is 19.2 Å². The van der Waals surface area contributed by atoms with Crippen LogP contribution in [0.3, 0.4) is 0 Å². The lowest BCUT2D eigenvalue weighted by atomic mass is 10.2.